The molecule has 3 aliphatic rings. The van der Waals surface area contributed by atoms with Crippen LogP contribution in [0.2, 0.25) is 0 Å². The number of cyclic esters (lactones) is 1. The third kappa shape index (κ3) is 5.15. The van der Waals surface area contributed by atoms with Crippen LogP contribution in [0.1, 0.15) is 37.9 Å². The summed E-state index contributed by atoms with van der Waals surface area (Å²) in [7, 11) is 0. The van der Waals surface area contributed by atoms with Crippen LogP contribution < -0.4 is 5.32 Å². The molecule has 6 nitrogen and oxygen atoms in total. The Hall–Kier alpha value is -3.36. The molecule has 5 rings (SSSR count). The van der Waals surface area contributed by atoms with Gasteiger partial charge in [0.25, 0.3) is 0 Å². The van der Waals surface area contributed by atoms with E-state index in [1.165, 1.54) is 6.07 Å². The molecule has 0 bridgehead atoms. The number of halogens is 3. The molecule has 2 aromatic rings. The average Bonchev–Trinajstić information content (AvgIpc) is 3.19. The molecule has 0 spiro atoms. The van der Waals surface area contributed by atoms with E-state index in [0.29, 0.717) is 42.4 Å². The molecule has 38 heavy (non-hydrogen) atoms. The van der Waals surface area contributed by atoms with Crippen molar-refractivity contribution in [2.75, 3.05) is 19.6 Å². The number of esters is 1. The second-order valence-corrected chi connectivity index (χ2v) is 10.5. The third-order valence-corrected chi connectivity index (χ3v) is 8.31. The zero-order chi connectivity index (χ0) is 27.0. The smallest absolute Gasteiger partial charge is 0.416 e. The number of urea groups is 1. The number of nitrogens with zero attached hydrogens (tertiary/aromatic N) is 2. The summed E-state index contributed by atoms with van der Waals surface area (Å²) in [5.41, 5.74) is 1.06. The Morgan fingerprint density at radius 2 is 2.05 bits per heavy atom. The highest BCUT2D eigenvalue weighted by Crippen LogP contribution is 2.51. The number of amides is 2. The number of rotatable bonds is 4. The number of aromatic nitrogens is 1. The average molecular weight is 528 g/mol. The quantitative estimate of drug-likeness (QED) is 0.522. The summed E-state index contributed by atoms with van der Waals surface area (Å²) < 4.78 is 45.0. The minimum atomic E-state index is -4.40. The van der Waals surface area contributed by atoms with E-state index < -0.39 is 11.7 Å². The number of nitrogens with one attached hydrogen (secondary N) is 1. The van der Waals surface area contributed by atoms with E-state index in [-0.39, 0.29) is 41.8 Å². The number of benzene rings is 1. The van der Waals surface area contributed by atoms with Crippen LogP contribution in [0.4, 0.5) is 18.0 Å². The number of carbonyl (C=O) groups is 2. The van der Waals surface area contributed by atoms with Crippen molar-refractivity contribution < 1.29 is 27.5 Å². The van der Waals surface area contributed by atoms with Crippen molar-refractivity contribution in [2.24, 2.45) is 29.6 Å². The molecule has 5 unspecified atom stereocenters. The van der Waals surface area contributed by atoms with Gasteiger partial charge in [-0.2, -0.15) is 13.2 Å². The van der Waals surface area contributed by atoms with Crippen molar-refractivity contribution >= 4 is 18.1 Å². The number of piperidine rings is 1. The normalized spacial score (nSPS) is 29.1. The number of alkyl halides is 3. The Bertz CT molecular complexity index is 1210. The Labute approximate surface area is 220 Å². The predicted molar refractivity (Wildman–Crippen MR) is 137 cm³/mol. The lowest BCUT2D eigenvalue weighted by molar-refractivity contribution is -0.144. The molecule has 6 atom stereocenters. The molecule has 2 amide bonds. The zero-order valence-electron chi connectivity index (χ0n) is 21.4. The highest BCUT2D eigenvalue weighted by atomic mass is 19.4. The number of allylic oxidation sites excluding steroid dienone is 1. The fourth-order valence-corrected chi connectivity index (χ4v) is 6.56. The molecule has 1 aromatic heterocycles. The zero-order valence-corrected chi connectivity index (χ0v) is 21.4. The molecule has 2 aliphatic heterocycles. The van der Waals surface area contributed by atoms with E-state index in [4.69, 9.17) is 4.74 Å². The first-order valence-electron chi connectivity index (χ1n) is 13.2. The third-order valence-electron chi connectivity index (χ3n) is 8.31. The van der Waals surface area contributed by atoms with Gasteiger partial charge in [0.15, 0.2) is 0 Å². The predicted octanol–water partition coefficient (Wildman–Crippen LogP) is 5.65. The van der Waals surface area contributed by atoms with Crippen molar-refractivity contribution in [1.29, 1.82) is 0 Å². The van der Waals surface area contributed by atoms with Crippen LogP contribution in [0.3, 0.4) is 0 Å². The van der Waals surface area contributed by atoms with Crippen molar-refractivity contribution in [1.82, 2.24) is 15.2 Å². The minimum Gasteiger partial charge on any atom is -0.462 e. The van der Waals surface area contributed by atoms with Crippen LogP contribution in [0, 0.1) is 29.6 Å². The highest BCUT2D eigenvalue weighted by Gasteiger charge is 2.54. The lowest BCUT2D eigenvalue weighted by Gasteiger charge is -2.48. The first-order valence-corrected chi connectivity index (χ1v) is 13.2. The maximum absolute atomic E-state index is 13.1. The summed E-state index contributed by atoms with van der Waals surface area (Å²) in [6.07, 6.45) is 2.64. The van der Waals surface area contributed by atoms with E-state index in [2.05, 4.69) is 16.4 Å². The van der Waals surface area contributed by atoms with E-state index in [1.54, 1.807) is 24.4 Å². The molecule has 3 fully saturated rings. The lowest BCUT2D eigenvalue weighted by Crippen LogP contribution is -2.53. The van der Waals surface area contributed by atoms with E-state index >= 15 is 0 Å². The Morgan fingerprint density at radius 3 is 2.76 bits per heavy atom. The Morgan fingerprint density at radius 1 is 1.24 bits per heavy atom. The van der Waals surface area contributed by atoms with Gasteiger partial charge >= 0.3 is 18.2 Å². The van der Waals surface area contributed by atoms with Crippen molar-refractivity contribution in [3.8, 4) is 11.1 Å². The first-order chi connectivity index (χ1) is 18.2. The minimum absolute atomic E-state index is 0.0624. The van der Waals surface area contributed by atoms with Crippen molar-refractivity contribution in [2.45, 2.75) is 39.0 Å². The fraction of sp³-hybridized carbons (Fsp3) is 0.483. The van der Waals surface area contributed by atoms with Crippen LogP contribution in [0.25, 0.3) is 17.2 Å². The van der Waals surface area contributed by atoms with Gasteiger partial charge in [0.1, 0.15) is 6.10 Å². The SMILES string of the molecule is CCNC(=O)N1CCC2C(CC3C(=O)O[C@H](C)C3C2/C=C/c2ccc(-c3cccc(C(F)(F)F)c3)cn2)C1. The van der Waals surface area contributed by atoms with Gasteiger partial charge in [-0.25, -0.2) is 4.79 Å². The molecular formula is C29H32F3N3O3. The highest BCUT2D eigenvalue weighted by molar-refractivity contribution is 5.76. The lowest BCUT2D eigenvalue weighted by atomic mass is 9.59. The van der Waals surface area contributed by atoms with Gasteiger partial charge in [0.05, 0.1) is 17.2 Å². The Balaban J connectivity index is 1.36. The van der Waals surface area contributed by atoms with Gasteiger partial charge in [-0.1, -0.05) is 24.3 Å². The van der Waals surface area contributed by atoms with Crippen molar-refractivity contribution in [3.05, 3.63) is 59.9 Å². The molecule has 2 saturated heterocycles. The molecular weight excluding hydrogens is 495 g/mol. The van der Waals surface area contributed by atoms with Crippen LogP contribution in [-0.2, 0) is 15.7 Å². The molecule has 1 saturated carbocycles. The van der Waals surface area contributed by atoms with E-state index in [9.17, 15) is 22.8 Å². The number of likely N-dealkylation sites (tertiary alicyclic amines) is 1. The van der Waals surface area contributed by atoms with Crippen molar-refractivity contribution in [3.63, 3.8) is 0 Å². The number of hydrogen-bond donors (Lipinski definition) is 1. The number of carbonyl (C=O) groups excluding carboxylic acids is 2. The van der Waals surface area contributed by atoms with E-state index in [0.717, 1.165) is 25.0 Å². The van der Waals surface area contributed by atoms with Crippen LogP contribution >= 0.6 is 0 Å². The summed E-state index contributed by atoms with van der Waals surface area (Å²) in [5.74, 6) is 0.349. The molecule has 1 aromatic carbocycles. The molecule has 9 heteroatoms. The monoisotopic (exact) mass is 527 g/mol. The second kappa shape index (κ2) is 10.4. The van der Waals surface area contributed by atoms with Crippen LogP contribution in [-0.4, -0.2) is 47.6 Å². The van der Waals surface area contributed by atoms with Gasteiger partial charge in [-0.3, -0.25) is 9.78 Å². The van der Waals surface area contributed by atoms with Crippen LogP contribution in [0.15, 0.2) is 48.7 Å². The number of pyridine rings is 1. The van der Waals surface area contributed by atoms with Gasteiger partial charge in [-0.15, -0.1) is 0 Å². The number of fused-ring (bicyclic) bond motifs is 2. The standard InChI is InChI=1S/C29H32F3N3O3/c1-3-33-28(37)35-12-11-23-20(16-35)14-25-26(17(2)38-27(25)36)24(23)10-9-22-8-7-19(15-34-22)18-5-4-6-21(13-18)29(30,31)32/h4-10,13,15,17,20,23-26H,3,11-12,14,16H2,1-2H3,(H,33,37)/b10-9+/t17-,20?,23?,24?,25?,26?/m1/s1. The summed E-state index contributed by atoms with van der Waals surface area (Å²) in [6, 6.07) is 8.71. The molecule has 202 valence electrons. The fourth-order valence-electron chi connectivity index (χ4n) is 6.56. The molecule has 1 N–H and O–H groups in total. The first kappa shape index (κ1) is 26.3. The molecule has 1 aliphatic carbocycles. The second-order valence-electron chi connectivity index (χ2n) is 10.5. The number of hydrogen-bond acceptors (Lipinski definition) is 4. The molecule has 3 heterocycles. The van der Waals surface area contributed by atoms with Gasteiger partial charge in [-0.05, 0) is 74.3 Å². The molecule has 0 radical (unpaired) electrons. The number of ether oxygens (including phenoxy) is 1. The van der Waals surface area contributed by atoms with Gasteiger partial charge in [0, 0.05) is 37.3 Å². The topological polar surface area (TPSA) is 71.5 Å². The Kier molecular flexibility index (Phi) is 7.20. The van der Waals surface area contributed by atoms with Crippen LogP contribution in [0.5, 0.6) is 0 Å². The summed E-state index contributed by atoms with van der Waals surface area (Å²) in [6.45, 7) is 5.71. The van der Waals surface area contributed by atoms with E-state index in [1.807, 2.05) is 24.8 Å². The van der Waals surface area contributed by atoms with Gasteiger partial charge < -0.3 is 15.0 Å². The maximum Gasteiger partial charge on any atom is 0.416 e. The maximum atomic E-state index is 13.1. The van der Waals surface area contributed by atoms with Gasteiger partial charge in [0.2, 0.25) is 0 Å². The largest absolute Gasteiger partial charge is 0.462 e. The summed E-state index contributed by atoms with van der Waals surface area (Å²) in [5, 5.41) is 2.87. The summed E-state index contributed by atoms with van der Waals surface area (Å²) in [4.78, 5) is 31.5. The summed E-state index contributed by atoms with van der Waals surface area (Å²) >= 11 is 0.